The highest BCUT2D eigenvalue weighted by Gasteiger charge is 2.41. The number of nitrogens with zero attached hydrogens (tertiary/aromatic N) is 2. The number of aliphatic hydroxyl groups excluding tert-OH is 1. The van der Waals surface area contributed by atoms with E-state index in [1.165, 1.54) is 18.4 Å². The van der Waals surface area contributed by atoms with Crippen LogP contribution in [-0.2, 0) is 6.54 Å². The van der Waals surface area contributed by atoms with Crippen LogP contribution >= 0.6 is 0 Å². The normalized spacial score (nSPS) is 17.2. The highest BCUT2D eigenvalue weighted by molar-refractivity contribution is 5.53. The number of aliphatic hydroxyl groups is 1. The molecule has 18 heavy (non-hydrogen) atoms. The second kappa shape index (κ2) is 4.71. The van der Waals surface area contributed by atoms with Crippen LogP contribution in [0.5, 0.6) is 0 Å². The number of rotatable bonds is 6. The SMILES string of the molecule is OCCC1(CNCc2cnn3ccccc23)CC1. The number of hydrogen-bond donors (Lipinski definition) is 2. The summed E-state index contributed by atoms with van der Waals surface area (Å²) < 4.78 is 1.90. The molecule has 96 valence electrons. The molecule has 1 saturated carbocycles. The number of aromatic nitrogens is 2. The Bertz CT molecular complexity index is 531. The molecule has 4 heteroatoms. The first-order valence-electron chi connectivity index (χ1n) is 6.56. The third-order valence-corrected chi connectivity index (χ3v) is 3.92. The summed E-state index contributed by atoms with van der Waals surface area (Å²) in [6.45, 7) is 2.15. The van der Waals surface area contributed by atoms with Crippen molar-refractivity contribution >= 4 is 5.52 Å². The molecule has 0 unspecified atom stereocenters. The van der Waals surface area contributed by atoms with Gasteiger partial charge in [-0.25, -0.2) is 4.52 Å². The van der Waals surface area contributed by atoms with E-state index in [0.29, 0.717) is 12.0 Å². The van der Waals surface area contributed by atoms with E-state index in [2.05, 4.69) is 16.5 Å². The van der Waals surface area contributed by atoms with Crippen molar-refractivity contribution in [3.63, 3.8) is 0 Å². The molecule has 0 amide bonds. The minimum atomic E-state index is 0.304. The van der Waals surface area contributed by atoms with E-state index in [1.54, 1.807) is 0 Å². The standard InChI is InChI=1S/C14H19N3O/c18-8-6-14(4-5-14)11-15-9-12-10-16-17-7-2-1-3-13(12)17/h1-3,7,10,15,18H,4-6,8-9,11H2. The summed E-state index contributed by atoms with van der Waals surface area (Å²) in [6, 6.07) is 6.11. The molecule has 2 aromatic heterocycles. The van der Waals surface area contributed by atoms with Crippen LogP contribution in [0, 0.1) is 5.41 Å². The van der Waals surface area contributed by atoms with E-state index < -0.39 is 0 Å². The number of nitrogens with one attached hydrogen (secondary N) is 1. The Morgan fingerprint density at radius 1 is 1.39 bits per heavy atom. The van der Waals surface area contributed by atoms with E-state index in [9.17, 15) is 0 Å². The van der Waals surface area contributed by atoms with E-state index in [-0.39, 0.29) is 0 Å². The van der Waals surface area contributed by atoms with Crippen molar-refractivity contribution in [1.82, 2.24) is 14.9 Å². The molecule has 0 bridgehead atoms. The van der Waals surface area contributed by atoms with Crippen molar-refractivity contribution in [2.24, 2.45) is 5.41 Å². The Morgan fingerprint density at radius 2 is 2.28 bits per heavy atom. The largest absolute Gasteiger partial charge is 0.396 e. The van der Waals surface area contributed by atoms with Crippen molar-refractivity contribution in [1.29, 1.82) is 0 Å². The third kappa shape index (κ3) is 2.26. The van der Waals surface area contributed by atoms with Crippen molar-refractivity contribution in [3.8, 4) is 0 Å². The van der Waals surface area contributed by atoms with E-state index >= 15 is 0 Å². The first-order chi connectivity index (χ1) is 8.83. The smallest absolute Gasteiger partial charge is 0.0706 e. The van der Waals surface area contributed by atoms with Gasteiger partial charge in [-0.15, -0.1) is 0 Å². The fourth-order valence-corrected chi connectivity index (χ4v) is 2.52. The molecule has 1 aliphatic rings. The van der Waals surface area contributed by atoms with Crippen LogP contribution < -0.4 is 5.32 Å². The first-order valence-corrected chi connectivity index (χ1v) is 6.56. The maximum atomic E-state index is 9.03. The van der Waals surface area contributed by atoms with Gasteiger partial charge in [0, 0.05) is 31.5 Å². The lowest BCUT2D eigenvalue weighted by Gasteiger charge is -2.14. The van der Waals surface area contributed by atoms with E-state index in [1.807, 2.05) is 29.0 Å². The zero-order chi connectivity index (χ0) is 12.4. The van der Waals surface area contributed by atoms with Crippen molar-refractivity contribution in [2.45, 2.75) is 25.8 Å². The molecule has 1 aliphatic carbocycles. The second-order valence-corrected chi connectivity index (χ2v) is 5.28. The molecule has 2 N–H and O–H groups in total. The van der Waals surface area contributed by atoms with Gasteiger partial charge in [0.2, 0.25) is 0 Å². The molecule has 0 radical (unpaired) electrons. The maximum Gasteiger partial charge on any atom is 0.0706 e. The lowest BCUT2D eigenvalue weighted by Crippen LogP contribution is -2.24. The van der Waals surface area contributed by atoms with Crippen LogP contribution in [-0.4, -0.2) is 27.9 Å². The molecular weight excluding hydrogens is 226 g/mol. The van der Waals surface area contributed by atoms with E-state index in [4.69, 9.17) is 5.11 Å². The summed E-state index contributed by atoms with van der Waals surface area (Å²) in [6.07, 6.45) is 7.31. The molecule has 2 heterocycles. The quantitative estimate of drug-likeness (QED) is 0.812. The number of hydrogen-bond acceptors (Lipinski definition) is 3. The Hall–Kier alpha value is -1.39. The van der Waals surface area contributed by atoms with E-state index in [0.717, 1.165) is 25.0 Å². The predicted molar refractivity (Wildman–Crippen MR) is 70.3 cm³/mol. The van der Waals surface area contributed by atoms with Crippen LogP contribution in [0.25, 0.3) is 5.52 Å². The van der Waals surface area contributed by atoms with Gasteiger partial charge in [-0.2, -0.15) is 5.10 Å². The zero-order valence-electron chi connectivity index (χ0n) is 10.5. The lowest BCUT2D eigenvalue weighted by atomic mass is 10.0. The molecule has 4 nitrogen and oxygen atoms in total. The molecule has 2 aromatic rings. The van der Waals surface area contributed by atoms with Gasteiger partial charge < -0.3 is 10.4 Å². The third-order valence-electron chi connectivity index (χ3n) is 3.92. The molecule has 0 spiro atoms. The topological polar surface area (TPSA) is 49.6 Å². The van der Waals surface area contributed by atoms with Crippen LogP contribution in [0.1, 0.15) is 24.8 Å². The summed E-state index contributed by atoms with van der Waals surface area (Å²) >= 11 is 0. The Labute approximate surface area is 107 Å². The monoisotopic (exact) mass is 245 g/mol. The fourth-order valence-electron chi connectivity index (χ4n) is 2.52. The second-order valence-electron chi connectivity index (χ2n) is 5.28. The minimum absolute atomic E-state index is 0.304. The summed E-state index contributed by atoms with van der Waals surface area (Å²) in [5.41, 5.74) is 2.77. The van der Waals surface area contributed by atoms with Gasteiger partial charge in [-0.1, -0.05) is 6.07 Å². The number of pyridine rings is 1. The van der Waals surface area contributed by atoms with Crippen molar-refractivity contribution < 1.29 is 5.11 Å². The average Bonchev–Trinajstić information content (AvgIpc) is 3.02. The van der Waals surface area contributed by atoms with Crippen LogP contribution in [0.4, 0.5) is 0 Å². The molecule has 3 rings (SSSR count). The molecule has 1 fully saturated rings. The molecular formula is C14H19N3O. The minimum Gasteiger partial charge on any atom is -0.396 e. The Balaban J connectivity index is 1.60. The van der Waals surface area contributed by atoms with Gasteiger partial charge in [0.15, 0.2) is 0 Å². The molecule has 0 aliphatic heterocycles. The summed E-state index contributed by atoms with van der Waals surface area (Å²) in [7, 11) is 0. The van der Waals surface area contributed by atoms with Gasteiger partial charge in [-0.05, 0) is 36.8 Å². The van der Waals surface area contributed by atoms with Gasteiger partial charge in [-0.3, -0.25) is 0 Å². The maximum absolute atomic E-state index is 9.03. The van der Waals surface area contributed by atoms with Crippen molar-refractivity contribution in [3.05, 3.63) is 36.2 Å². The highest BCUT2D eigenvalue weighted by atomic mass is 16.3. The molecule has 0 saturated heterocycles. The van der Waals surface area contributed by atoms with Gasteiger partial charge in [0.1, 0.15) is 0 Å². The predicted octanol–water partition coefficient (Wildman–Crippen LogP) is 1.59. The van der Waals surface area contributed by atoms with Crippen molar-refractivity contribution in [2.75, 3.05) is 13.2 Å². The fraction of sp³-hybridized carbons (Fsp3) is 0.500. The Morgan fingerprint density at radius 3 is 3.06 bits per heavy atom. The van der Waals surface area contributed by atoms with Crippen LogP contribution in [0.2, 0.25) is 0 Å². The first kappa shape index (κ1) is 11.7. The van der Waals surface area contributed by atoms with Gasteiger partial charge >= 0.3 is 0 Å². The Kier molecular flexibility index (Phi) is 3.06. The molecule has 0 aromatic carbocycles. The summed E-state index contributed by atoms with van der Waals surface area (Å²) in [4.78, 5) is 0. The highest BCUT2D eigenvalue weighted by Crippen LogP contribution is 2.47. The summed E-state index contributed by atoms with van der Waals surface area (Å²) in [5, 5.41) is 16.9. The lowest BCUT2D eigenvalue weighted by molar-refractivity contribution is 0.245. The van der Waals surface area contributed by atoms with Gasteiger partial charge in [0.05, 0.1) is 11.7 Å². The molecule has 0 atom stereocenters. The number of fused-ring (bicyclic) bond motifs is 1. The van der Waals surface area contributed by atoms with Crippen LogP contribution in [0.3, 0.4) is 0 Å². The summed E-state index contributed by atoms with van der Waals surface area (Å²) in [5.74, 6) is 0. The zero-order valence-corrected chi connectivity index (χ0v) is 10.5. The van der Waals surface area contributed by atoms with Crippen LogP contribution in [0.15, 0.2) is 30.6 Å². The van der Waals surface area contributed by atoms with Gasteiger partial charge in [0.25, 0.3) is 0 Å². The average molecular weight is 245 g/mol.